The molecule has 0 spiro atoms. The zero-order valence-electron chi connectivity index (χ0n) is 10.5. The summed E-state index contributed by atoms with van der Waals surface area (Å²) in [5.41, 5.74) is 5.54. The topological polar surface area (TPSA) is 102 Å². The molecule has 0 saturated carbocycles. The molecule has 3 heterocycles. The maximum absolute atomic E-state index is 12.1. The van der Waals surface area contributed by atoms with Crippen molar-refractivity contribution in [2.75, 3.05) is 0 Å². The van der Waals surface area contributed by atoms with E-state index in [2.05, 4.69) is 0 Å². The van der Waals surface area contributed by atoms with Crippen LogP contribution >= 0.6 is 0 Å². The highest BCUT2D eigenvalue weighted by Gasteiger charge is 2.35. The predicted molar refractivity (Wildman–Crippen MR) is 67.7 cm³/mol. The Hall–Kier alpha value is -2.94. The molecule has 0 aliphatic carbocycles. The van der Waals surface area contributed by atoms with E-state index in [4.69, 9.17) is 19.3 Å². The molecule has 2 N–H and O–H groups in total. The summed E-state index contributed by atoms with van der Waals surface area (Å²) in [5, 5.41) is 9.26. The number of aryl methyl sites for hydroxylation is 1. The molecular weight excluding hydrogens is 260 g/mol. The van der Waals surface area contributed by atoms with Crippen LogP contribution in [0.4, 0.5) is 0 Å². The fourth-order valence-electron chi connectivity index (χ4n) is 2.26. The summed E-state index contributed by atoms with van der Waals surface area (Å²) in [6.45, 7) is 1.63. The predicted octanol–water partition coefficient (Wildman–Crippen LogP) is 1.76. The van der Waals surface area contributed by atoms with Gasteiger partial charge in [0.2, 0.25) is 5.88 Å². The smallest absolute Gasteiger partial charge is 0.344 e. The zero-order chi connectivity index (χ0) is 14.3. The van der Waals surface area contributed by atoms with Crippen LogP contribution in [0.5, 0.6) is 5.75 Å². The van der Waals surface area contributed by atoms with Crippen LogP contribution in [-0.2, 0) is 0 Å². The lowest BCUT2D eigenvalue weighted by Crippen LogP contribution is -2.26. The summed E-state index contributed by atoms with van der Waals surface area (Å²) in [6, 6.07) is 6.87. The number of nitrogens with zero attached hydrogens (tertiary/aromatic N) is 1. The number of nitrogens with two attached hydrogens (primary N) is 1. The molecule has 1 aliphatic rings. The van der Waals surface area contributed by atoms with E-state index in [0.29, 0.717) is 11.5 Å². The lowest BCUT2D eigenvalue weighted by atomic mass is 9.88. The van der Waals surface area contributed by atoms with Gasteiger partial charge in [0.05, 0.1) is 17.7 Å². The van der Waals surface area contributed by atoms with Crippen molar-refractivity contribution in [3.63, 3.8) is 0 Å². The first-order chi connectivity index (χ1) is 9.61. The average molecular weight is 270 g/mol. The molecular formula is C14H10N2O4. The SMILES string of the molecule is Cc1cc2c(c(=O)o1)[C@@H](c1ccco1)C(C#N)=C(N)O2. The Balaban J connectivity index is 2.32. The number of furan rings is 1. The van der Waals surface area contributed by atoms with Gasteiger partial charge < -0.3 is 19.3 Å². The molecule has 6 heteroatoms. The van der Waals surface area contributed by atoms with Crippen molar-refractivity contribution >= 4 is 0 Å². The summed E-state index contributed by atoms with van der Waals surface area (Å²) < 4.78 is 15.8. The normalized spacial score (nSPS) is 17.3. The van der Waals surface area contributed by atoms with Crippen molar-refractivity contribution in [1.82, 2.24) is 0 Å². The van der Waals surface area contributed by atoms with Gasteiger partial charge in [-0.25, -0.2) is 4.79 Å². The molecule has 0 unspecified atom stereocenters. The second kappa shape index (κ2) is 4.31. The number of ether oxygens (including phenoxy) is 1. The molecule has 0 saturated heterocycles. The van der Waals surface area contributed by atoms with Crippen LogP contribution in [0.15, 0.2) is 49.5 Å². The van der Waals surface area contributed by atoms with Gasteiger partial charge in [-0.3, -0.25) is 0 Å². The second-order valence-corrected chi connectivity index (χ2v) is 4.36. The van der Waals surface area contributed by atoms with Crippen molar-refractivity contribution in [1.29, 1.82) is 5.26 Å². The van der Waals surface area contributed by atoms with Crippen molar-refractivity contribution in [2.24, 2.45) is 5.73 Å². The molecule has 3 rings (SSSR count). The molecule has 0 radical (unpaired) electrons. The van der Waals surface area contributed by atoms with E-state index in [9.17, 15) is 10.1 Å². The summed E-state index contributed by atoms with van der Waals surface area (Å²) in [5.74, 6) is 0.379. The lowest BCUT2D eigenvalue weighted by molar-refractivity contribution is 0.362. The van der Waals surface area contributed by atoms with Crippen LogP contribution < -0.4 is 16.1 Å². The molecule has 20 heavy (non-hydrogen) atoms. The van der Waals surface area contributed by atoms with E-state index >= 15 is 0 Å². The maximum atomic E-state index is 12.1. The van der Waals surface area contributed by atoms with Gasteiger partial charge >= 0.3 is 5.63 Å². The first kappa shape index (κ1) is 12.1. The number of nitriles is 1. The molecule has 2 aromatic heterocycles. The minimum absolute atomic E-state index is 0.0357. The molecule has 1 aliphatic heterocycles. The van der Waals surface area contributed by atoms with Gasteiger partial charge in [-0.1, -0.05) is 0 Å². The maximum Gasteiger partial charge on any atom is 0.344 e. The molecule has 1 atom stereocenters. The van der Waals surface area contributed by atoms with E-state index in [1.165, 1.54) is 6.26 Å². The van der Waals surface area contributed by atoms with Crippen LogP contribution in [0.2, 0.25) is 0 Å². The Morgan fingerprint density at radius 3 is 2.90 bits per heavy atom. The van der Waals surface area contributed by atoms with Gasteiger partial charge in [0.25, 0.3) is 0 Å². The molecule has 100 valence electrons. The summed E-state index contributed by atoms with van der Waals surface area (Å²) in [6.07, 6.45) is 1.46. The van der Waals surface area contributed by atoms with Crippen molar-refractivity contribution < 1.29 is 13.6 Å². The molecule has 2 aromatic rings. The number of hydrogen-bond acceptors (Lipinski definition) is 6. The third-order valence-electron chi connectivity index (χ3n) is 3.08. The largest absolute Gasteiger partial charge is 0.468 e. The van der Waals surface area contributed by atoms with Crippen LogP contribution in [0.3, 0.4) is 0 Å². The minimum atomic E-state index is -0.712. The van der Waals surface area contributed by atoms with Crippen molar-refractivity contribution in [2.45, 2.75) is 12.8 Å². The summed E-state index contributed by atoms with van der Waals surface area (Å²) in [7, 11) is 0. The van der Waals surface area contributed by atoms with Gasteiger partial charge in [0.15, 0.2) is 0 Å². The number of fused-ring (bicyclic) bond motifs is 1. The van der Waals surface area contributed by atoms with Crippen molar-refractivity contribution in [3.05, 3.63) is 63.4 Å². The monoisotopic (exact) mass is 270 g/mol. The minimum Gasteiger partial charge on any atom is -0.468 e. The zero-order valence-corrected chi connectivity index (χ0v) is 10.5. The van der Waals surface area contributed by atoms with Gasteiger partial charge in [0, 0.05) is 6.07 Å². The quantitative estimate of drug-likeness (QED) is 0.846. The first-order valence-electron chi connectivity index (χ1n) is 5.87. The first-order valence-corrected chi connectivity index (χ1v) is 5.87. The lowest BCUT2D eigenvalue weighted by Gasteiger charge is -2.23. The van der Waals surface area contributed by atoms with Gasteiger partial charge in [-0.05, 0) is 19.1 Å². The molecule has 6 nitrogen and oxygen atoms in total. The summed E-state index contributed by atoms with van der Waals surface area (Å²) >= 11 is 0. The van der Waals surface area contributed by atoms with Crippen LogP contribution in [0.1, 0.15) is 23.0 Å². The molecule has 0 amide bonds. The number of hydrogen-bond donors (Lipinski definition) is 1. The fraction of sp³-hybridized carbons (Fsp3) is 0.143. The summed E-state index contributed by atoms with van der Waals surface area (Å²) in [4.78, 5) is 12.1. The Labute approximate surface area is 113 Å². The van der Waals surface area contributed by atoms with Crippen LogP contribution in [0, 0.1) is 18.3 Å². The Kier molecular flexibility index (Phi) is 2.61. The van der Waals surface area contributed by atoms with Gasteiger partial charge in [0.1, 0.15) is 28.9 Å². The van der Waals surface area contributed by atoms with E-state index in [1.54, 1.807) is 25.1 Å². The van der Waals surface area contributed by atoms with E-state index in [1.807, 2.05) is 6.07 Å². The molecule has 0 bridgehead atoms. The highest BCUT2D eigenvalue weighted by Crippen LogP contribution is 2.40. The van der Waals surface area contributed by atoms with E-state index in [0.717, 1.165) is 0 Å². The van der Waals surface area contributed by atoms with E-state index < -0.39 is 11.5 Å². The Morgan fingerprint density at radius 2 is 2.25 bits per heavy atom. The molecule has 0 fully saturated rings. The Bertz CT molecular complexity index is 794. The van der Waals surface area contributed by atoms with E-state index in [-0.39, 0.29) is 22.8 Å². The number of rotatable bonds is 1. The second-order valence-electron chi connectivity index (χ2n) is 4.36. The number of allylic oxidation sites excluding steroid dienone is 1. The Morgan fingerprint density at radius 1 is 1.45 bits per heavy atom. The third-order valence-corrected chi connectivity index (χ3v) is 3.08. The molecule has 0 aromatic carbocycles. The fourth-order valence-corrected chi connectivity index (χ4v) is 2.26. The van der Waals surface area contributed by atoms with Crippen LogP contribution in [0.25, 0.3) is 0 Å². The van der Waals surface area contributed by atoms with Gasteiger partial charge in [-0.15, -0.1) is 0 Å². The van der Waals surface area contributed by atoms with Gasteiger partial charge in [-0.2, -0.15) is 5.26 Å². The highest BCUT2D eigenvalue weighted by molar-refractivity contribution is 5.52. The standard InChI is InChI=1S/C14H10N2O4/c1-7-5-10-12(14(17)19-7)11(9-3-2-4-18-9)8(6-15)13(16)20-10/h2-5,11H,16H2,1H3/t11-/m1/s1. The average Bonchev–Trinajstić information content (AvgIpc) is 2.90. The third kappa shape index (κ3) is 1.68. The van der Waals surface area contributed by atoms with Crippen LogP contribution in [-0.4, -0.2) is 0 Å². The van der Waals surface area contributed by atoms with Crippen molar-refractivity contribution in [3.8, 4) is 11.8 Å². The highest BCUT2D eigenvalue weighted by atomic mass is 16.5.